The van der Waals surface area contributed by atoms with Gasteiger partial charge in [-0.3, -0.25) is 0 Å². The van der Waals surface area contributed by atoms with E-state index in [1.165, 1.54) is 6.07 Å². The molecule has 0 amide bonds. The van der Waals surface area contributed by atoms with Gasteiger partial charge in [0.2, 0.25) is 0 Å². The van der Waals surface area contributed by atoms with Crippen LogP contribution < -0.4 is 5.32 Å². The number of hydrogen-bond acceptors (Lipinski definition) is 3. The molecule has 1 saturated heterocycles. The van der Waals surface area contributed by atoms with Crippen LogP contribution in [0.2, 0.25) is 0 Å². The second kappa shape index (κ2) is 5.55. The molecule has 0 radical (unpaired) electrons. The average Bonchev–Trinajstić information content (AvgIpc) is 2.82. The Bertz CT molecular complexity index is 537. The average molecular weight is 303 g/mol. The predicted octanol–water partition coefficient (Wildman–Crippen LogP) is 3.38. The Morgan fingerprint density at radius 3 is 2.71 bits per heavy atom. The van der Waals surface area contributed by atoms with Crippen molar-refractivity contribution in [1.82, 2.24) is 0 Å². The summed E-state index contributed by atoms with van der Waals surface area (Å²) in [7, 11) is 0. The number of ether oxygens (including phenoxy) is 1. The first kappa shape index (κ1) is 15.6. The standard InChI is InChI=1S/C14H16F3NO3/c1-13(5-2-6-21-13)8-18-9-3-4-10(12(19)20)11(7-9)14(15,16)17/h3-4,7,18H,2,5-6,8H2,1H3,(H,19,20). The monoisotopic (exact) mass is 303 g/mol. The highest BCUT2D eigenvalue weighted by atomic mass is 19.4. The Morgan fingerprint density at radius 1 is 1.48 bits per heavy atom. The lowest BCUT2D eigenvalue weighted by atomic mass is 10.0. The molecule has 2 rings (SSSR count). The van der Waals surface area contributed by atoms with Crippen LogP contribution in [0, 0.1) is 0 Å². The second-order valence-electron chi connectivity index (χ2n) is 5.32. The number of benzene rings is 1. The lowest BCUT2D eigenvalue weighted by Crippen LogP contribution is -2.32. The normalized spacial score (nSPS) is 22.3. The number of halogens is 3. The Labute approximate surface area is 119 Å². The lowest BCUT2D eigenvalue weighted by molar-refractivity contribution is -0.138. The van der Waals surface area contributed by atoms with Gasteiger partial charge in [0, 0.05) is 18.8 Å². The summed E-state index contributed by atoms with van der Waals surface area (Å²) in [5.74, 6) is -1.60. The van der Waals surface area contributed by atoms with E-state index in [4.69, 9.17) is 9.84 Å². The van der Waals surface area contributed by atoms with Gasteiger partial charge in [-0.2, -0.15) is 13.2 Å². The molecular weight excluding hydrogens is 287 g/mol. The molecule has 0 bridgehead atoms. The molecule has 2 N–H and O–H groups in total. The molecule has 7 heteroatoms. The van der Waals surface area contributed by atoms with E-state index in [-0.39, 0.29) is 5.69 Å². The number of carboxylic acid groups (broad SMARTS) is 1. The number of aromatic carboxylic acids is 1. The highest BCUT2D eigenvalue weighted by molar-refractivity contribution is 5.90. The highest BCUT2D eigenvalue weighted by Crippen LogP contribution is 2.34. The minimum absolute atomic E-state index is 0.226. The van der Waals surface area contributed by atoms with Gasteiger partial charge in [0.25, 0.3) is 0 Å². The quantitative estimate of drug-likeness (QED) is 0.895. The predicted molar refractivity (Wildman–Crippen MR) is 70.5 cm³/mol. The van der Waals surface area contributed by atoms with Gasteiger partial charge in [0.1, 0.15) is 0 Å². The first-order chi connectivity index (χ1) is 9.71. The Hall–Kier alpha value is -1.76. The van der Waals surface area contributed by atoms with Crippen molar-refractivity contribution in [2.45, 2.75) is 31.5 Å². The zero-order chi connectivity index (χ0) is 15.7. The summed E-state index contributed by atoms with van der Waals surface area (Å²) < 4.78 is 44.2. The Balaban J connectivity index is 2.19. The number of carboxylic acids is 1. The fourth-order valence-electron chi connectivity index (χ4n) is 2.34. The number of alkyl halides is 3. The van der Waals surface area contributed by atoms with Gasteiger partial charge >= 0.3 is 12.1 Å². The van der Waals surface area contributed by atoms with Crippen LogP contribution in [0.3, 0.4) is 0 Å². The summed E-state index contributed by atoms with van der Waals surface area (Å²) in [5.41, 5.74) is -2.08. The summed E-state index contributed by atoms with van der Waals surface area (Å²) in [6.45, 7) is 2.91. The van der Waals surface area contributed by atoms with E-state index in [9.17, 15) is 18.0 Å². The molecule has 0 aromatic heterocycles. The minimum Gasteiger partial charge on any atom is -0.478 e. The molecule has 1 unspecified atom stereocenters. The van der Waals surface area contributed by atoms with E-state index in [1.807, 2.05) is 6.92 Å². The lowest BCUT2D eigenvalue weighted by Gasteiger charge is -2.24. The SMILES string of the molecule is CC1(CNc2ccc(C(=O)O)c(C(F)(F)F)c2)CCCO1. The van der Waals surface area contributed by atoms with Gasteiger partial charge in [0.15, 0.2) is 0 Å². The van der Waals surface area contributed by atoms with Crippen LogP contribution in [0.5, 0.6) is 0 Å². The molecule has 1 aliphatic rings. The Morgan fingerprint density at radius 2 is 2.19 bits per heavy atom. The van der Waals surface area contributed by atoms with Crippen LogP contribution in [-0.4, -0.2) is 29.8 Å². The van der Waals surface area contributed by atoms with Gasteiger partial charge in [-0.1, -0.05) is 0 Å². The minimum atomic E-state index is -4.71. The van der Waals surface area contributed by atoms with Crippen LogP contribution in [0.4, 0.5) is 18.9 Å². The van der Waals surface area contributed by atoms with Crippen LogP contribution in [0.1, 0.15) is 35.7 Å². The van der Waals surface area contributed by atoms with Crippen molar-refractivity contribution in [2.24, 2.45) is 0 Å². The molecule has 0 saturated carbocycles. The third kappa shape index (κ3) is 3.66. The molecule has 1 aliphatic heterocycles. The fourth-order valence-corrected chi connectivity index (χ4v) is 2.34. The van der Waals surface area contributed by atoms with E-state index >= 15 is 0 Å². The smallest absolute Gasteiger partial charge is 0.417 e. The summed E-state index contributed by atoms with van der Waals surface area (Å²) in [6, 6.07) is 3.12. The molecule has 1 fully saturated rings. The maximum Gasteiger partial charge on any atom is 0.417 e. The van der Waals surface area contributed by atoms with Crippen LogP contribution in [0.15, 0.2) is 18.2 Å². The fraction of sp³-hybridized carbons (Fsp3) is 0.500. The number of anilines is 1. The Kier molecular flexibility index (Phi) is 4.13. The molecule has 4 nitrogen and oxygen atoms in total. The molecule has 0 aliphatic carbocycles. The second-order valence-corrected chi connectivity index (χ2v) is 5.32. The van der Waals surface area contributed by atoms with Crippen molar-refractivity contribution in [1.29, 1.82) is 0 Å². The third-order valence-corrected chi connectivity index (χ3v) is 3.52. The summed E-state index contributed by atoms with van der Waals surface area (Å²) in [6.07, 6.45) is -2.96. The molecule has 1 aromatic carbocycles. The molecule has 21 heavy (non-hydrogen) atoms. The highest BCUT2D eigenvalue weighted by Gasteiger charge is 2.36. The van der Waals surface area contributed by atoms with Crippen molar-refractivity contribution < 1.29 is 27.8 Å². The van der Waals surface area contributed by atoms with Crippen LogP contribution >= 0.6 is 0 Å². The summed E-state index contributed by atoms with van der Waals surface area (Å²) in [5, 5.41) is 11.7. The largest absolute Gasteiger partial charge is 0.478 e. The van der Waals surface area contributed by atoms with E-state index in [2.05, 4.69) is 5.32 Å². The topological polar surface area (TPSA) is 58.6 Å². The maximum atomic E-state index is 12.9. The molecule has 1 heterocycles. The van der Waals surface area contributed by atoms with E-state index in [0.29, 0.717) is 13.2 Å². The molecular formula is C14H16F3NO3. The first-order valence-corrected chi connectivity index (χ1v) is 6.54. The third-order valence-electron chi connectivity index (χ3n) is 3.52. The molecule has 116 valence electrons. The van der Waals surface area contributed by atoms with Crippen LogP contribution in [0.25, 0.3) is 0 Å². The van der Waals surface area contributed by atoms with Crippen LogP contribution in [-0.2, 0) is 10.9 Å². The molecule has 1 aromatic rings. The number of hydrogen-bond donors (Lipinski definition) is 2. The molecule has 0 spiro atoms. The first-order valence-electron chi connectivity index (χ1n) is 6.54. The van der Waals surface area contributed by atoms with Crippen molar-refractivity contribution >= 4 is 11.7 Å². The maximum absolute atomic E-state index is 12.9. The van der Waals surface area contributed by atoms with Gasteiger partial charge in [-0.15, -0.1) is 0 Å². The van der Waals surface area contributed by atoms with Gasteiger partial charge < -0.3 is 15.2 Å². The number of nitrogens with one attached hydrogen (secondary N) is 1. The van der Waals surface area contributed by atoms with Gasteiger partial charge in [-0.05, 0) is 38.0 Å². The van der Waals surface area contributed by atoms with Crippen molar-refractivity contribution in [3.63, 3.8) is 0 Å². The van der Waals surface area contributed by atoms with E-state index in [0.717, 1.165) is 25.0 Å². The van der Waals surface area contributed by atoms with E-state index in [1.54, 1.807) is 0 Å². The zero-order valence-electron chi connectivity index (χ0n) is 11.5. The number of carbonyl (C=O) groups is 1. The van der Waals surface area contributed by atoms with Gasteiger partial charge in [-0.25, -0.2) is 4.79 Å². The number of rotatable bonds is 4. The van der Waals surface area contributed by atoms with E-state index < -0.39 is 28.9 Å². The summed E-state index contributed by atoms with van der Waals surface area (Å²) in [4.78, 5) is 10.9. The van der Waals surface area contributed by atoms with Crippen molar-refractivity contribution in [2.75, 3.05) is 18.5 Å². The van der Waals surface area contributed by atoms with Crippen molar-refractivity contribution in [3.8, 4) is 0 Å². The zero-order valence-corrected chi connectivity index (χ0v) is 11.5. The van der Waals surface area contributed by atoms with Crippen molar-refractivity contribution in [3.05, 3.63) is 29.3 Å². The summed E-state index contributed by atoms with van der Waals surface area (Å²) >= 11 is 0. The van der Waals surface area contributed by atoms with Gasteiger partial charge in [0.05, 0.1) is 16.7 Å². The molecule has 1 atom stereocenters.